The van der Waals surface area contributed by atoms with E-state index in [0.717, 1.165) is 6.42 Å². The maximum Gasteiger partial charge on any atom is 0.346 e. The fourth-order valence-corrected chi connectivity index (χ4v) is 1.00. The predicted octanol–water partition coefficient (Wildman–Crippen LogP) is 1.52. The molecule has 0 aromatic carbocycles. The highest BCUT2D eigenvalue weighted by molar-refractivity contribution is 6.15. The molecule has 13 heavy (non-hydrogen) atoms. The molecule has 0 aromatic rings. The van der Waals surface area contributed by atoms with Crippen LogP contribution in [0.1, 0.15) is 13.3 Å². The first-order chi connectivity index (χ1) is 6.20. The van der Waals surface area contributed by atoms with Gasteiger partial charge in [-0.1, -0.05) is 31.7 Å². The topological polar surface area (TPSA) is 43.4 Å². The van der Waals surface area contributed by atoms with Gasteiger partial charge in [0.25, 0.3) is 0 Å². The van der Waals surface area contributed by atoms with E-state index in [1.807, 2.05) is 6.92 Å². The number of allylic oxidation sites excluding steroid dienone is 1. The average molecular weight is 178 g/mol. The summed E-state index contributed by atoms with van der Waals surface area (Å²) in [4.78, 5) is 22.0. The van der Waals surface area contributed by atoms with Gasteiger partial charge in [-0.25, -0.2) is 9.59 Å². The number of ether oxygens (including phenoxy) is 1. The van der Waals surface area contributed by atoms with E-state index < -0.39 is 11.9 Å². The van der Waals surface area contributed by atoms with Gasteiger partial charge in [0.2, 0.25) is 0 Å². The standard InChI is InChI=1S/C10H10O3/c1-3-5-6-8-7(4-2)9(11)13-10(8)12/h4-6H,2-3H2,1H3/b6-5-. The Morgan fingerprint density at radius 1 is 1.31 bits per heavy atom. The number of cyclic esters (lactones) is 2. The Kier molecular flexibility index (Phi) is 2.80. The molecule has 0 saturated heterocycles. The third kappa shape index (κ3) is 1.75. The number of carbonyl (C=O) groups excluding carboxylic acids is 2. The Labute approximate surface area is 76.4 Å². The molecule has 0 unspecified atom stereocenters. The van der Waals surface area contributed by atoms with E-state index in [4.69, 9.17) is 0 Å². The molecule has 0 aliphatic carbocycles. The van der Waals surface area contributed by atoms with Gasteiger partial charge in [0.05, 0.1) is 11.1 Å². The van der Waals surface area contributed by atoms with E-state index in [9.17, 15) is 9.59 Å². The molecule has 1 aliphatic heterocycles. The molecule has 0 spiro atoms. The van der Waals surface area contributed by atoms with Gasteiger partial charge in [0.1, 0.15) is 0 Å². The molecule has 0 atom stereocenters. The molecule has 68 valence electrons. The van der Waals surface area contributed by atoms with Gasteiger partial charge >= 0.3 is 11.9 Å². The second-order valence-electron chi connectivity index (χ2n) is 2.52. The molecular formula is C10H10O3. The molecule has 0 saturated carbocycles. The zero-order valence-corrected chi connectivity index (χ0v) is 7.37. The lowest BCUT2D eigenvalue weighted by Gasteiger charge is -1.87. The number of hydrogen-bond donors (Lipinski definition) is 0. The van der Waals surface area contributed by atoms with Gasteiger partial charge in [0.15, 0.2) is 0 Å². The van der Waals surface area contributed by atoms with Crippen molar-refractivity contribution in [2.24, 2.45) is 0 Å². The van der Waals surface area contributed by atoms with Crippen LogP contribution in [-0.2, 0) is 14.3 Å². The van der Waals surface area contributed by atoms with Gasteiger partial charge < -0.3 is 4.74 Å². The minimum Gasteiger partial charge on any atom is -0.386 e. The summed E-state index contributed by atoms with van der Waals surface area (Å²) in [6.45, 7) is 5.38. The van der Waals surface area contributed by atoms with Crippen LogP contribution in [0.4, 0.5) is 0 Å². The fourth-order valence-electron chi connectivity index (χ4n) is 1.00. The Morgan fingerprint density at radius 2 is 1.92 bits per heavy atom. The van der Waals surface area contributed by atoms with Gasteiger partial charge in [-0.05, 0) is 6.42 Å². The Morgan fingerprint density at radius 3 is 2.46 bits per heavy atom. The first kappa shape index (κ1) is 9.45. The summed E-state index contributed by atoms with van der Waals surface area (Å²) in [5.74, 6) is -1.21. The van der Waals surface area contributed by atoms with Crippen LogP contribution in [0.15, 0.2) is 36.0 Å². The van der Waals surface area contributed by atoms with Crippen molar-refractivity contribution in [1.82, 2.24) is 0 Å². The lowest BCUT2D eigenvalue weighted by Crippen LogP contribution is -2.01. The molecule has 1 heterocycles. The fraction of sp³-hybridized carbons (Fsp3) is 0.200. The van der Waals surface area contributed by atoms with E-state index in [2.05, 4.69) is 11.3 Å². The highest BCUT2D eigenvalue weighted by Crippen LogP contribution is 2.19. The van der Waals surface area contributed by atoms with Crippen LogP contribution in [0.25, 0.3) is 0 Å². The normalized spacial score (nSPS) is 17.0. The third-order valence-corrected chi connectivity index (χ3v) is 1.64. The Bertz CT molecular complexity index is 321. The van der Waals surface area contributed by atoms with Crippen molar-refractivity contribution in [3.63, 3.8) is 0 Å². The predicted molar refractivity (Wildman–Crippen MR) is 47.8 cm³/mol. The second kappa shape index (κ2) is 3.85. The molecule has 3 nitrogen and oxygen atoms in total. The van der Waals surface area contributed by atoms with Crippen LogP contribution in [0.3, 0.4) is 0 Å². The van der Waals surface area contributed by atoms with Crippen LogP contribution in [0, 0.1) is 0 Å². The van der Waals surface area contributed by atoms with Crippen LogP contribution < -0.4 is 0 Å². The highest BCUT2D eigenvalue weighted by atomic mass is 16.6. The summed E-state index contributed by atoms with van der Waals surface area (Å²) in [6, 6.07) is 0. The molecule has 3 heteroatoms. The minimum atomic E-state index is -0.615. The Hall–Kier alpha value is -1.64. The molecule has 0 aromatic heterocycles. The van der Waals surface area contributed by atoms with Crippen molar-refractivity contribution in [1.29, 1.82) is 0 Å². The molecule has 0 bridgehead atoms. The molecule has 0 amide bonds. The van der Waals surface area contributed by atoms with Crippen molar-refractivity contribution in [3.8, 4) is 0 Å². The molecule has 0 N–H and O–H groups in total. The van der Waals surface area contributed by atoms with E-state index in [1.54, 1.807) is 12.2 Å². The van der Waals surface area contributed by atoms with Gasteiger partial charge in [-0.15, -0.1) is 0 Å². The third-order valence-electron chi connectivity index (χ3n) is 1.64. The maximum atomic E-state index is 11.1. The number of carbonyl (C=O) groups is 2. The van der Waals surface area contributed by atoms with Crippen molar-refractivity contribution >= 4 is 11.9 Å². The Balaban J connectivity index is 3.06. The number of rotatable bonds is 3. The van der Waals surface area contributed by atoms with E-state index in [0.29, 0.717) is 5.57 Å². The van der Waals surface area contributed by atoms with E-state index in [1.165, 1.54) is 6.08 Å². The summed E-state index contributed by atoms with van der Waals surface area (Å²) in [5, 5.41) is 0. The van der Waals surface area contributed by atoms with Crippen molar-refractivity contribution in [2.75, 3.05) is 0 Å². The highest BCUT2D eigenvalue weighted by Gasteiger charge is 2.28. The summed E-state index contributed by atoms with van der Waals surface area (Å²) in [7, 11) is 0. The average Bonchev–Trinajstić information content (AvgIpc) is 2.37. The summed E-state index contributed by atoms with van der Waals surface area (Å²) in [6.07, 6.45) is 5.51. The molecule has 0 radical (unpaired) electrons. The molecule has 1 rings (SSSR count). The van der Waals surface area contributed by atoms with Crippen molar-refractivity contribution in [2.45, 2.75) is 13.3 Å². The number of hydrogen-bond acceptors (Lipinski definition) is 3. The summed E-state index contributed by atoms with van der Waals surface area (Å²) in [5.41, 5.74) is 0.538. The van der Waals surface area contributed by atoms with E-state index in [-0.39, 0.29) is 5.57 Å². The van der Waals surface area contributed by atoms with E-state index >= 15 is 0 Å². The first-order valence-corrected chi connectivity index (χ1v) is 4.00. The minimum absolute atomic E-state index is 0.245. The zero-order chi connectivity index (χ0) is 9.84. The van der Waals surface area contributed by atoms with Gasteiger partial charge in [0, 0.05) is 0 Å². The van der Waals surface area contributed by atoms with Crippen LogP contribution in [0.5, 0.6) is 0 Å². The van der Waals surface area contributed by atoms with Crippen molar-refractivity contribution in [3.05, 3.63) is 36.0 Å². The lowest BCUT2D eigenvalue weighted by molar-refractivity contribution is -0.150. The zero-order valence-electron chi connectivity index (χ0n) is 7.37. The monoisotopic (exact) mass is 178 g/mol. The van der Waals surface area contributed by atoms with Crippen molar-refractivity contribution < 1.29 is 14.3 Å². The van der Waals surface area contributed by atoms with Crippen LogP contribution >= 0.6 is 0 Å². The SMILES string of the molecule is C=CC1=C(/C=C\CC)C(=O)OC1=O. The molecule has 1 aliphatic rings. The van der Waals surface area contributed by atoms with Crippen LogP contribution in [0.2, 0.25) is 0 Å². The van der Waals surface area contributed by atoms with Gasteiger partial charge in [-0.2, -0.15) is 0 Å². The first-order valence-electron chi connectivity index (χ1n) is 4.00. The molecule has 0 fully saturated rings. The number of esters is 2. The second-order valence-corrected chi connectivity index (χ2v) is 2.52. The largest absolute Gasteiger partial charge is 0.386 e. The van der Waals surface area contributed by atoms with Crippen LogP contribution in [-0.4, -0.2) is 11.9 Å². The quantitative estimate of drug-likeness (QED) is 0.486. The van der Waals surface area contributed by atoms with Gasteiger partial charge in [-0.3, -0.25) is 0 Å². The lowest BCUT2D eigenvalue weighted by atomic mass is 10.1. The smallest absolute Gasteiger partial charge is 0.346 e. The maximum absolute atomic E-state index is 11.1. The summed E-state index contributed by atoms with van der Waals surface area (Å²) < 4.78 is 4.40. The molecular weight excluding hydrogens is 168 g/mol. The summed E-state index contributed by atoms with van der Waals surface area (Å²) >= 11 is 0.